The van der Waals surface area contributed by atoms with Gasteiger partial charge in [-0.1, -0.05) is 6.07 Å². The number of methoxy groups -OCH3 is 1. The molecule has 1 aliphatic rings. The smallest absolute Gasteiger partial charge is 0.337 e. The molecule has 0 spiro atoms. The number of nitrogens with two attached hydrogens (primary N) is 1. The fraction of sp³-hybridized carbons (Fsp3) is 0.278. The largest absolute Gasteiger partial charge is 0.465 e. The predicted molar refractivity (Wildman–Crippen MR) is 94.6 cm³/mol. The second-order valence-corrected chi connectivity index (χ2v) is 7.75. The van der Waals surface area contributed by atoms with Gasteiger partial charge in [0.1, 0.15) is 0 Å². The van der Waals surface area contributed by atoms with E-state index in [0.717, 1.165) is 30.4 Å². The van der Waals surface area contributed by atoms with Crippen LogP contribution in [0, 0.1) is 0 Å². The molecule has 6 nitrogen and oxygen atoms in total. The molecule has 7 heteroatoms. The van der Waals surface area contributed by atoms with E-state index in [4.69, 9.17) is 5.73 Å². The van der Waals surface area contributed by atoms with E-state index in [2.05, 4.69) is 9.46 Å². The van der Waals surface area contributed by atoms with Gasteiger partial charge < -0.3 is 10.5 Å². The summed E-state index contributed by atoms with van der Waals surface area (Å²) >= 11 is 0. The minimum absolute atomic E-state index is 0.114. The Morgan fingerprint density at radius 1 is 1.20 bits per heavy atom. The highest BCUT2D eigenvalue weighted by molar-refractivity contribution is 7.89. The Morgan fingerprint density at radius 2 is 1.92 bits per heavy atom. The first-order chi connectivity index (χ1) is 11.9. The van der Waals surface area contributed by atoms with Crippen molar-refractivity contribution in [1.29, 1.82) is 0 Å². The van der Waals surface area contributed by atoms with Crippen molar-refractivity contribution in [3.63, 3.8) is 0 Å². The fourth-order valence-corrected chi connectivity index (χ4v) is 4.35. The molecule has 0 saturated heterocycles. The lowest BCUT2D eigenvalue weighted by Gasteiger charge is -2.26. The monoisotopic (exact) mass is 360 g/mol. The number of rotatable bonds is 4. The normalized spacial score (nSPS) is 16.9. The van der Waals surface area contributed by atoms with E-state index < -0.39 is 16.0 Å². The number of carbonyl (C=O) groups is 1. The topological polar surface area (TPSA) is 98.5 Å². The Bertz CT molecular complexity index is 892. The van der Waals surface area contributed by atoms with Gasteiger partial charge in [0.2, 0.25) is 10.0 Å². The number of aryl methyl sites for hydroxylation is 1. The van der Waals surface area contributed by atoms with E-state index >= 15 is 0 Å². The molecule has 2 aromatic carbocycles. The van der Waals surface area contributed by atoms with Gasteiger partial charge in [0.25, 0.3) is 0 Å². The van der Waals surface area contributed by atoms with Crippen molar-refractivity contribution in [1.82, 2.24) is 4.72 Å². The van der Waals surface area contributed by atoms with Gasteiger partial charge in [-0.05, 0) is 66.8 Å². The summed E-state index contributed by atoms with van der Waals surface area (Å²) < 4.78 is 32.7. The summed E-state index contributed by atoms with van der Waals surface area (Å²) in [5.41, 5.74) is 8.86. The first-order valence-corrected chi connectivity index (χ1v) is 9.48. The summed E-state index contributed by atoms with van der Waals surface area (Å²) in [6.45, 7) is 0. The van der Waals surface area contributed by atoms with Crippen LogP contribution in [0.5, 0.6) is 0 Å². The summed E-state index contributed by atoms with van der Waals surface area (Å²) in [5.74, 6) is -0.504. The van der Waals surface area contributed by atoms with Gasteiger partial charge in [0.15, 0.2) is 0 Å². The molecular formula is C18H20N2O4S. The van der Waals surface area contributed by atoms with E-state index in [1.165, 1.54) is 31.4 Å². The van der Waals surface area contributed by atoms with Crippen LogP contribution >= 0.6 is 0 Å². The van der Waals surface area contributed by atoms with E-state index in [-0.39, 0.29) is 10.9 Å². The molecule has 3 rings (SSSR count). The minimum Gasteiger partial charge on any atom is -0.465 e. The first-order valence-electron chi connectivity index (χ1n) is 8.00. The van der Waals surface area contributed by atoms with Crippen molar-refractivity contribution in [2.45, 2.75) is 30.2 Å². The van der Waals surface area contributed by atoms with Crippen LogP contribution in [0.25, 0.3) is 0 Å². The molecule has 0 bridgehead atoms. The van der Waals surface area contributed by atoms with Crippen molar-refractivity contribution >= 4 is 21.7 Å². The first kappa shape index (κ1) is 17.4. The molecule has 0 aliphatic heterocycles. The van der Waals surface area contributed by atoms with Crippen molar-refractivity contribution in [3.8, 4) is 0 Å². The third-order valence-electron chi connectivity index (χ3n) is 4.36. The van der Waals surface area contributed by atoms with Gasteiger partial charge in [-0.3, -0.25) is 0 Å². The number of ether oxygens (including phenoxy) is 1. The average Bonchev–Trinajstić information content (AvgIpc) is 2.61. The van der Waals surface area contributed by atoms with E-state index in [1.807, 2.05) is 12.1 Å². The molecule has 0 aromatic heterocycles. The number of fused-ring (bicyclic) bond motifs is 1. The van der Waals surface area contributed by atoms with Crippen molar-refractivity contribution in [3.05, 3.63) is 59.2 Å². The molecule has 0 radical (unpaired) electrons. The maximum absolute atomic E-state index is 12.7. The van der Waals surface area contributed by atoms with Crippen LogP contribution in [0.4, 0.5) is 5.69 Å². The van der Waals surface area contributed by atoms with Crippen LogP contribution in [0.2, 0.25) is 0 Å². The molecule has 3 N–H and O–H groups in total. The van der Waals surface area contributed by atoms with Gasteiger partial charge in [0.05, 0.1) is 17.6 Å². The number of hydrogen-bond donors (Lipinski definition) is 2. The Hall–Kier alpha value is -2.38. The predicted octanol–water partition coefficient (Wildman–Crippen LogP) is 2.41. The number of hydrogen-bond acceptors (Lipinski definition) is 5. The molecule has 0 heterocycles. The van der Waals surface area contributed by atoms with Crippen LogP contribution < -0.4 is 10.5 Å². The van der Waals surface area contributed by atoms with Gasteiger partial charge in [-0.2, -0.15) is 0 Å². The molecule has 0 fully saturated rings. The maximum atomic E-state index is 12.7. The molecule has 132 valence electrons. The number of anilines is 1. The quantitative estimate of drug-likeness (QED) is 0.644. The van der Waals surface area contributed by atoms with Gasteiger partial charge in [0, 0.05) is 11.7 Å². The number of esters is 1. The third kappa shape index (κ3) is 3.67. The summed E-state index contributed by atoms with van der Waals surface area (Å²) in [6, 6.07) is 11.0. The van der Waals surface area contributed by atoms with Crippen LogP contribution in [0.15, 0.2) is 47.4 Å². The van der Waals surface area contributed by atoms with Gasteiger partial charge in [-0.15, -0.1) is 0 Å². The van der Waals surface area contributed by atoms with E-state index in [1.54, 1.807) is 6.07 Å². The SMILES string of the molecule is COC(=O)c1ccc(S(=O)(=O)NC2CCCc3cc(N)ccc32)cc1. The number of nitrogens with one attached hydrogen (secondary N) is 1. The summed E-state index contributed by atoms with van der Waals surface area (Å²) in [4.78, 5) is 11.6. The molecule has 1 unspecified atom stereocenters. The molecule has 0 amide bonds. The average molecular weight is 360 g/mol. The third-order valence-corrected chi connectivity index (χ3v) is 5.85. The van der Waals surface area contributed by atoms with Gasteiger partial charge >= 0.3 is 5.97 Å². The molecule has 2 aromatic rings. The number of benzene rings is 2. The highest BCUT2D eigenvalue weighted by Crippen LogP contribution is 2.32. The molecular weight excluding hydrogens is 340 g/mol. The zero-order chi connectivity index (χ0) is 18.0. The Labute approximate surface area is 147 Å². The summed E-state index contributed by atoms with van der Waals surface area (Å²) in [6.07, 6.45) is 2.52. The van der Waals surface area contributed by atoms with E-state index in [9.17, 15) is 13.2 Å². The van der Waals surface area contributed by atoms with Crippen LogP contribution in [-0.4, -0.2) is 21.5 Å². The minimum atomic E-state index is -3.70. The van der Waals surface area contributed by atoms with Crippen LogP contribution in [0.3, 0.4) is 0 Å². The highest BCUT2D eigenvalue weighted by atomic mass is 32.2. The van der Waals surface area contributed by atoms with Gasteiger partial charge in [-0.25, -0.2) is 17.9 Å². The molecule has 1 aliphatic carbocycles. The molecule has 1 atom stereocenters. The summed E-state index contributed by atoms with van der Waals surface area (Å²) in [5, 5.41) is 0. The van der Waals surface area contributed by atoms with Crippen molar-refractivity contribution in [2.24, 2.45) is 0 Å². The van der Waals surface area contributed by atoms with Crippen LogP contribution in [0.1, 0.15) is 40.4 Å². The molecule has 25 heavy (non-hydrogen) atoms. The Kier molecular flexibility index (Phi) is 4.78. The number of carbonyl (C=O) groups excluding carboxylic acids is 1. The second kappa shape index (κ2) is 6.85. The maximum Gasteiger partial charge on any atom is 0.337 e. The molecule has 0 saturated carbocycles. The zero-order valence-corrected chi connectivity index (χ0v) is 14.7. The van der Waals surface area contributed by atoms with Crippen molar-refractivity contribution < 1.29 is 17.9 Å². The Balaban J connectivity index is 1.84. The second-order valence-electron chi connectivity index (χ2n) is 6.04. The van der Waals surface area contributed by atoms with E-state index in [0.29, 0.717) is 11.3 Å². The van der Waals surface area contributed by atoms with Crippen LogP contribution in [-0.2, 0) is 21.2 Å². The summed E-state index contributed by atoms with van der Waals surface area (Å²) in [7, 11) is -2.42. The number of nitrogen functional groups attached to an aromatic ring is 1. The lowest BCUT2D eigenvalue weighted by Crippen LogP contribution is -2.31. The Morgan fingerprint density at radius 3 is 2.60 bits per heavy atom. The highest BCUT2D eigenvalue weighted by Gasteiger charge is 2.26. The fourth-order valence-electron chi connectivity index (χ4n) is 3.10. The number of sulfonamides is 1. The zero-order valence-electron chi connectivity index (χ0n) is 13.9. The van der Waals surface area contributed by atoms with Crippen molar-refractivity contribution in [2.75, 3.05) is 12.8 Å². The lowest BCUT2D eigenvalue weighted by atomic mass is 9.88. The lowest BCUT2D eigenvalue weighted by molar-refractivity contribution is 0.0600. The standard InChI is InChI=1S/C18H20N2O4S/c1-24-18(21)12-5-8-15(9-6-12)25(22,23)20-17-4-2-3-13-11-14(19)7-10-16(13)17/h5-11,17,20H,2-4,19H2,1H3.